The minimum Gasteiger partial charge on any atom is -0.346 e. The summed E-state index contributed by atoms with van der Waals surface area (Å²) in [5.41, 5.74) is 0. The second-order valence-corrected chi connectivity index (χ2v) is 0.809. The molecule has 0 aliphatic heterocycles. The van der Waals surface area contributed by atoms with Crippen molar-refractivity contribution >= 4 is 29.3 Å². The Labute approximate surface area is 68.0 Å². The maximum absolute atomic E-state index is 9.36. The first-order valence-electron chi connectivity index (χ1n) is 2.35. The molecule has 0 aliphatic carbocycles. The van der Waals surface area contributed by atoms with Gasteiger partial charge in [0.05, 0.1) is 0 Å². The molecule has 0 bridgehead atoms. The van der Waals surface area contributed by atoms with Gasteiger partial charge in [-0.05, 0) is 6.42 Å². The topological polar surface area (TPSA) is 17.1 Å². The number of aldehydes is 1. The molecule has 44 valence electrons. The molecule has 0 atom stereocenters. The fraction of sp³-hybridized carbons (Fsp3) is 0.500. The van der Waals surface area contributed by atoms with Gasteiger partial charge in [0.25, 0.3) is 0 Å². The molecule has 0 aliphatic rings. The minimum atomic E-state index is 0. The quantitative estimate of drug-likeness (QED) is 0.308. The van der Waals surface area contributed by atoms with Crippen molar-refractivity contribution in [3.05, 3.63) is 13.8 Å². The van der Waals surface area contributed by atoms with E-state index < -0.39 is 0 Å². The van der Waals surface area contributed by atoms with Crippen LogP contribution in [0.2, 0.25) is 0 Å². The van der Waals surface area contributed by atoms with Crippen LogP contribution < -0.4 is 0 Å². The van der Waals surface area contributed by atoms with Crippen molar-refractivity contribution in [3.63, 3.8) is 0 Å². The minimum absolute atomic E-state index is 0. The van der Waals surface area contributed by atoms with Crippen LogP contribution in [-0.2, 0) is 4.79 Å². The van der Waals surface area contributed by atoms with Crippen LogP contribution in [0, 0.1) is 13.8 Å². The van der Waals surface area contributed by atoms with Gasteiger partial charge in [0.2, 0.25) is 0 Å². The van der Waals surface area contributed by atoms with E-state index in [1.54, 1.807) is 6.92 Å². The van der Waals surface area contributed by atoms with Crippen LogP contribution in [0.3, 0.4) is 0 Å². The van der Waals surface area contributed by atoms with Crippen molar-refractivity contribution < 1.29 is 4.79 Å². The second kappa shape index (κ2) is 26.1. The molecular weight excluding hydrogens is 112 g/mol. The largest absolute Gasteiger partial charge is 2.00 e. The normalized spacial score (nSPS) is 5.38. The molecule has 0 fully saturated rings. The van der Waals surface area contributed by atoms with E-state index in [0.29, 0.717) is 6.42 Å². The molecule has 0 saturated carbocycles. The summed E-state index contributed by atoms with van der Waals surface area (Å²) in [5.74, 6) is 0. The molecule has 2 heteroatoms. The second-order valence-electron chi connectivity index (χ2n) is 0.809. The molecule has 0 N–H and O–H groups in total. The van der Waals surface area contributed by atoms with Crippen LogP contribution in [0.1, 0.15) is 19.8 Å². The molecule has 0 radical (unpaired) electrons. The average molecular weight is 124 g/mol. The third-order valence-electron chi connectivity index (χ3n) is 0.322. The summed E-state index contributed by atoms with van der Waals surface area (Å²) in [4.78, 5) is 9.36. The fourth-order valence-electron chi connectivity index (χ4n) is 0.0833. The smallest absolute Gasteiger partial charge is 0.346 e. The van der Waals surface area contributed by atoms with Crippen LogP contribution in [0.4, 0.5) is 0 Å². The zero-order valence-electron chi connectivity index (χ0n) is 5.52. The van der Waals surface area contributed by atoms with Crippen molar-refractivity contribution in [1.82, 2.24) is 0 Å². The number of carbonyl (C=O) groups excluding carboxylic acids is 1. The van der Waals surface area contributed by atoms with Gasteiger partial charge in [-0.25, -0.2) is 0 Å². The molecule has 1 nitrogen and oxygen atoms in total. The van der Waals surface area contributed by atoms with Gasteiger partial charge in [0.1, 0.15) is 6.29 Å². The van der Waals surface area contributed by atoms with Gasteiger partial charge in [-0.15, -0.1) is 0 Å². The van der Waals surface area contributed by atoms with Crippen molar-refractivity contribution in [3.8, 4) is 0 Å². The van der Waals surface area contributed by atoms with Gasteiger partial charge in [-0.2, -0.15) is 13.3 Å². The van der Waals surface area contributed by atoms with Gasteiger partial charge in [0, 0.05) is 0 Å². The summed E-state index contributed by atoms with van der Waals surface area (Å²) >= 11 is 0. The predicted octanol–water partition coefficient (Wildman–Crippen LogP) is 1.26. The van der Waals surface area contributed by atoms with Crippen LogP contribution in [-0.4, -0.2) is 29.3 Å². The van der Waals surface area contributed by atoms with E-state index in [0.717, 1.165) is 12.7 Å². The molecule has 0 heterocycles. The number of unbranched alkanes of at least 4 members (excludes halogenated alkanes) is 1. The maximum atomic E-state index is 9.36. The number of hydrogen-bond acceptors (Lipinski definition) is 1. The molecule has 0 saturated heterocycles. The Kier molecular flexibility index (Phi) is 51.5. The molecule has 0 aromatic heterocycles. The average Bonchev–Trinajstić information content (AvgIpc) is 1.75. The van der Waals surface area contributed by atoms with Gasteiger partial charge in [-0.1, -0.05) is 0 Å². The van der Waals surface area contributed by atoms with Gasteiger partial charge in [-0.3, -0.25) is 0 Å². The van der Waals surface area contributed by atoms with E-state index in [9.17, 15) is 4.79 Å². The van der Waals surface area contributed by atoms with Crippen LogP contribution in [0.5, 0.6) is 0 Å². The molecule has 0 aromatic carbocycles. The molecule has 0 rings (SSSR count). The molecule has 0 amide bonds. The molecule has 0 aromatic rings. The van der Waals surface area contributed by atoms with Crippen LogP contribution >= 0.6 is 0 Å². The Morgan fingerprint density at radius 1 is 1.50 bits per heavy atom. The van der Waals surface area contributed by atoms with Gasteiger partial charge >= 0.3 is 23.1 Å². The zero-order chi connectivity index (χ0) is 6.12. The van der Waals surface area contributed by atoms with Gasteiger partial charge in [0.15, 0.2) is 0 Å². The molecule has 0 unspecified atom stereocenters. The first-order chi connectivity index (χ1) is 3.41. The van der Waals surface area contributed by atoms with Crippen molar-refractivity contribution in [2.45, 2.75) is 19.8 Å². The van der Waals surface area contributed by atoms with Crippen molar-refractivity contribution in [1.29, 1.82) is 0 Å². The third kappa shape index (κ3) is 32.0. The summed E-state index contributed by atoms with van der Waals surface area (Å²) < 4.78 is 0. The Hall–Kier alpha value is 0.436. The number of carbonyl (C=O) groups is 1. The maximum Gasteiger partial charge on any atom is 2.00 e. The van der Waals surface area contributed by atoms with E-state index in [1.807, 2.05) is 0 Å². The van der Waals surface area contributed by atoms with Gasteiger partial charge < -0.3 is 18.6 Å². The Morgan fingerprint density at radius 2 is 1.88 bits per heavy atom. The number of rotatable bonds is 2. The van der Waals surface area contributed by atoms with Crippen LogP contribution in [0.15, 0.2) is 0 Å². The Bertz CT molecular complexity index is 29.7. The molecular formula is C6H12MgO. The van der Waals surface area contributed by atoms with Crippen LogP contribution in [0.25, 0.3) is 0 Å². The predicted molar refractivity (Wildman–Crippen MR) is 37.4 cm³/mol. The third-order valence-corrected chi connectivity index (χ3v) is 0.322. The Morgan fingerprint density at radius 3 is 1.88 bits per heavy atom. The summed E-state index contributed by atoms with van der Waals surface area (Å²) in [6.45, 7) is 8.44. The van der Waals surface area contributed by atoms with Crippen molar-refractivity contribution in [2.75, 3.05) is 0 Å². The summed E-state index contributed by atoms with van der Waals surface area (Å²) in [7, 11) is 0. The molecule has 0 spiro atoms. The number of hydrogen-bond donors (Lipinski definition) is 0. The van der Waals surface area contributed by atoms with Crippen molar-refractivity contribution in [2.24, 2.45) is 0 Å². The summed E-state index contributed by atoms with van der Waals surface area (Å²) in [5, 5.41) is 0. The van der Waals surface area contributed by atoms with E-state index in [1.165, 1.54) is 0 Å². The van der Waals surface area contributed by atoms with E-state index in [4.69, 9.17) is 0 Å². The first-order valence-corrected chi connectivity index (χ1v) is 2.35. The summed E-state index contributed by atoms with van der Waals surface area (Å²) in [6, 6.07) is 0. The Balaban J connectivity index is -0.0000000750. The zero-order valence-corrected chi connectivity index (χ0v) is 6.94. The van der Waals surface area contributed by atoms with E-state index in [2.05, 4.69) is 13.8 Å². The summed E-state index contributed by atoms with van der Waals surface area (Å²) in [6.07, 6.45) is 2.19. The van der Waals surface area contributed by atoms with E-state index in [-0.39, 0.29) is 23.1 Å². The first kappa shape index (κ1) is 15.8. The van der Waals surface area contributed by atoms with E-state index >= 15 is 0 Å². The SMILES string of the molecule is [CH2-]C.[CH2-]CCC=O.[Mg+2]. The fourth-order valence-corrected chi connectivity index (χ4v) is 0.0833. The molecule has 8 heavy (non-hydrogen) atoms. The monoisotopic (exact) mass is 124 g/mol. The standard InChI is InChI=1S/C4H7O.C2H5.Mg/c1-2-3-4-5;1-2;/h4H,1-3H2;1H2,2H3;/q2*-1;+2.